The average Bonchev–Trinajstić information content (AvgIpc) is 2.71. The van der Waals surface area contributed by atoms with Gasteiger partial charge in [-0.25, -0.2) is 0 Å². The van der Waals surface area contributed by atoms with Crippen molar-refractivity contribution in [1.29, 1.82) is 0 Å². The summed E-state index contributed by atoms with van der Waals surface area (Å²) < 4.78 is 0. The zero-order chi connectivity index (χ0) is 20.4. The Kier molecular flexibility index (Phi) is 26.8. The molecule has 28 heavy (non-hydrogen) atoms. The van der Waals surface area contributed by atoms with Crippen LogP contribution in [0, 0.1) is 0 Å². The Balaban J connectivity index is 2.96. The molecule has 0 aromatic heterocycles. The van der Waals surface area contributed by atoms with E-state index < -0.39 is 0 Å². The number of hydrogen-bond acceptors (Lipinski definition) is 2. The van der Waals surface area contributed by atoms with Gasteiger partial charge in [-0.3, -0.25) is 11.3 Å². The summed E-state index contributed by atoms with van der Waals surface area (Å²) in [5, 5.41) is 0. The van der Waals surface area contributed by atoms with Crippen LogP contribution in [0.4, 0.5) is 0 Å². The van der Waals surface area contributed by atoms with E-state index in [1.54, 1.807) is 0 Å². The Morgan fingerprint density at radius 3 is 0.786 bits per heavy atom. The van der Waals surface area contributed by atoms with E-state index in [1.807, 2.05) is 0 Å². The molecule has 0 atom stereocenters. The zero-order valence-corrected chi connectivity index (χ0v) is 19.8. The van der Waals surface area contributed by atoms with Crippen molar-refractivity contribution in [2.75, 3.05) is 6.54 Å². The van der Waals surface area contributed by atoms with Crippen LogP contribution in [0.25, 0.3) is 0 Å². The number of unbranched alkanes of at least 4 members (excludes halogenated alkanes) is 23. The smallest absolute Gasteiger partial charge is 0.00974 e. The molecule has 2 heteroatoms. The maximum atomic E-state index is 5.27. The highest BCUT2D eigenvalue weighted by molar-refractivity contribution is 4.51. The summed E-state index contributed by atoms with van der Waals surface area (Å²) in [6, 6.07) is 0. The van der Waals surface area contributed by atoms with Crippen LogP contribution in [0.2, 0.25) is 0 Å². The molecule has 0 saturated carbocycles. The summed E-state index contributed by atoms with van der Waals surface area (Å²) in [7, 11) is 0. The summed E-state index contributed by atoms with van der Waals surface area (Å²) in [4.78, 5) is 0. The number of nitrogens with one attached hydrogen (secondary N) is 1. The van der Waals surface area contributed by atoms with Crippen LogP contribution >= 0.6 is 0 Å². The third kappa shape index (κ3) is 25.9. The standard InChI is InChI=1S/C26H56N2/c1-2-3-4-5-6-7-8-9-10-11-12-13-14-15-16-17-18-19-20-21-22-23-24-25-26-28-27/h28H,2-27H2,1H3. The molecule has 0 aliphatic heterocycles. The van der Waals surface area contributed by atoms with Crippen LogP contribution in [-0.4, -0.2) is 6.54 Å². The molecule has 0 spiro atoms. The maximum absolute atomic E-state index is 5.27. The predicted molar refractivity (Wildman–Crippen MR) is 129 cm³/mol. The molecule has 0 unspecified atom stereocenters. The van der Waals surface area contributed by atoms with Gasteiger partial charge in [0, 0.05) is 6.54 Å². The fourth-order valence-electron chi connectivity index (χ4n) is 4.19. The fourth-order valence-corrected chi connectivity index (χ4v) is 4.19. The molecule has 0 bridgehead atoms. The van der Waals surface area contributed by atoms with E-state index in [1.165, 1.54) is 154 Å². The monoisotopic (exact) mass is 396 g/mol. The Morgan fingerprint density at radius 2 is 0.571 bits per heavy atom. The molecular formula is C26H56N2. The van der Waals surface area contributed by atoms with E-state index in [0.29, 0.717) is 0 Å². The molecule has 0 aliphatic rings. The lowest BCUT2D eigenvalue weighted by Gasteiger charge is -2.04. The SMILES string of the molecule is CCCCCCCCCCCCCCCCCCCCCCCCCCNN. The maximum Gasteiger partial charge on any atom is 0.00974 e. The van der Waals surface area contributed by atoms with Gasteiger partial charge in [-0.1, -0.05) is 155 Å². The van der Waals surface area contributed by atoms with Gasteiger partial charge < -0.3 is 0 Å². The van der Waals surface area contributed by atoms with Gasteiger partial charge in [0.25, 0.3) is 0 Å². The summed E-state index contributed by atoms with van der Waals surface area (Å²) in [5.74, 6) is 5.27. The lowest BCUT2D eigenvalue weighted by atomic mass is 10.0. The molecule has 0 aromatic carbocycles. The van der Waals surface area contributed by atoms with E-state index in [9.17, 15) is 0 Å². The first kappa shape index (κ1) is 27.9. The largest absolute Gasteiger partial charge is 0.271 e. The molecule has 0 rings (SSSR count). The first-order valence-corrected chi connectivity index (χ1v) is 13.3. The lowest BCUT2D eigenvalue weighted by Crippen LogP contribution is -2.22. The molecule has 0 aromatic rings. The summed E-state index contributed by atoms with van der Waals surface area (Å²) >= 11 is 0. The van der Waals surface area contributed by atoms with Gasteiger partial charge in [0.05, 0.1) is 0 Å². The minimum atomic E-state index is 0.971. The average molecular weight is 397 g/mol. The number of hydrazine groups is 1. The summed E-state index contributed by atoms with van der Waals surface area (Å²) in [5.41, 5.74) is 2.73. The Bertz CT molecular complexity index is 229. The molecule has 0 saturated heterocycles. The van der Waals surface area contributed by atoms with Crippen molar-refractivity contribution in [3.8, 4) is 0 Å². The molecule has 2 nitrogen and oxygen atoms in total. The van der Waals surface area contributed by atoms with E-state index in [-0.39, 0.29) is 0 Å². The molecule has 0 heterocycles. The van der Waals surface area contributed by atoms with E-state index in [0.717, 1.165) is 6.54 Å². The molecule has 170 valence electrons. The van der Waals surface area contributed by atoms with Gasteiger partial charge >= 0.3 is 0 Å². The van der Waals surface area contributed by atoms with Crippen LogP contribution < -0.4 is 11.3 Å². The second kappa shape index (κ2) is 26.9. The molecule has 3 N–H and O–H groups in total. The van der Waals surface area contributed by atoms with Crippen LogP contribution in [0.3, 0.4) is 0 Å². The van der Waals surface area contributed by atoms with E-state index in [2.05, 4.69) is 12.3 Å². The molecular weight excluding hydrogens is 340 g/mol. The minimum absolute atomic E-state index is 0.971. The van der Waals surface area contributed by atoms with E-state index in [4.69, 9.17) is 5.84 Å². The second-order valence-electron chi connectivity index (χ2n) is 9.09. The number of nitrogens with two attached hydrogens (primary N) is 1. The first-order chi connectivity index (χ1) is 13.9. The van der Waals surface area contributed by atoms with Crippen LogP contribution in [0.15, 0.2) is 0 Å². The zero-order valence-electron chi connectivity index (χ0n) is 19.8. The van der Waals surface area contributed by atoms with Gasteiger partial charge in [0.1, 0.15) is 0 Å². The van der Waals surface area contributed by atoms with Gasteiger partial charge in [0.2, 0.25) is 0 Å². The van der Waals surface area contributed by atoms with Gasteiger partial charge in [0.15, 0.2) is 0 Å². The van der Waals surface area contributed by atoms with Crippen molar-refractivity contribution in [2.45, 2.75) is 161 Å². The second-order valence-corrected chi connectivity index (χ2v) is 9.09. The van der Waals surface area contributed by atoms with Crippen LogP contribution in [0.5, 0.6) is 0 Å². The highest BCUT2D eigenvalue weighted by Gasteiger charge is 1.96. The third-order valence-electron chi connectivity index (χ3n) is 6.17. The highest BCUT2D eigenvalue weighted by Crippen LogP contribution is 2.15. The fraction of sp³-hybridized carbons (Fsp3) is 1.00. The van der Waals surface area contributed by atoms with Gasteiger partial charge in [-0.05, 0) is 6.42 Å². The first-order valence-electron chi connectivity index (χ1n) is 13.3. The highest BCUT2D eigenvalue weighted by atomic mass is 15.2. The third-order valence-corrected chi connectivity index (χ3v) is 6.17. The lowest BCUT2D eigenvalue weighted by molar-refractivity contribution is 0.516. The van der Waals surface area contributed by atoms with E-state index >= 15 is 0 Å². The quantitative estimate of drug-likeness (QED) is 0.0918. The van der Waals surface area contributed by atoms with Crippen molar-refractivity contribution < 1.29 is 0 Å². The Labute approximate surface area is 179 Å². The molecule has 0 aliphatic carbocycles. The minimum Gasteiger partial charge on any atom is -0.271 e. The number of rotatable bonds is 25. The molecule has 0 fully saturated rings. The van der Waals surface area contributed by atoms with Crippen molar-refractivity contribution >= 4 is 0 Å². The van der Waals surface area contributed by atoms with Crippen molar-refractivity contribution in [3.05, 3.63) is 0 Å². The Hall–Kier alpha value is -0.0800. The van der Waals surface area contributed by atoms with Crippen molar-refractivity contribution in [1.82, 2.24) is 5.43 Å². The van der Waals surface area contributed by atoms with Crippen LogP contribution in [-0.2, 0) is 0 Å². The summed E-state index contributed by atoms with van der Waals surface area (Å²) in [6.45, 7) is 3.27. The molecule has 0 radical (unpaired) electrons. The van der Waals surface area contributed by atoms with Crippen molar-refractivity contribution in [2.24, 2.45) is 5.84 Å². The van der Waals surface area contributed by atoms with Crippen molar-refractivity contribution in [3.63, 3.8) is 0 Å². The topological polar surface area (TPSA) is 38.0 Å². The Morgan fingerprint density at radius 1 is 0.357 bits per heavy atom. The van der Waals surface area contributed by atoms with Gasteiger partial charge in [-0.15, -0.1) is 0 Å². The molecule has 0 amide bonds. The number of hydrogen-bond donors (Lipinski definition) is 2. The van der Waals surface area contributed by atoms with Crippen LogP contribution in [0.1, 0.15) is 161 Å². The van der Waals surface area contributed by atoms with Gasteiger partial charge in [-0.2, -0.15) is 0 Å². The predicted octanol–water partition coefficient (Wildman–Crippen LogP) is 8.83. The summed E-state index contributed by atoms with van der Waals surface area (Å²) in [6.07, 6.45) is 34.7. The normalized spacial score (nSPS) is 11.4.